The zero-order chi connectivity index (χ0) is 19.8. The Kier molecular flexibility index (Phi) is 4.98. The Bertz CT molecular complexity index is 800. The molecule has 0 aromatic heterocycles. The molecule has 5 rings (SSSR count). The van der Waals surface area contributed by atoms with Crippen molar-refractivity contribution < 1.29 is 9.53 Å². The first kappa shape index (κ1) is 18.9. The van der Waals surface area contributed by atoms with Crippen LogP contribution < -0.4 is 15.0 Å². The van der Waals surface area contributed by atoms with Crippen LogP contribution in [0.25, 0.3) is 0 Å². The van der Waals surface area contributed by atoms with Crippen molar-refractivity contribution in [1.29, 1.82) is 0 Å². The molecule has 2 aliphatic carbocycles. The Labute approximate surface area is 173 Å². The molecular formula is C23H32N4O2. The van der Waals surface area contributed by atoms with Crippen molar-refractivity contribution in [2.75, 3.05) is 31.6 Å². The van der Waals surface area contributed by atoms with Gasteiger partial charge in [0.05, 0.1) is 18.8 Å². The summed E-state index contributed by atoms with van der Waals surface area (Å²) in [6.45, 7) is 3.14. The van der Waals surface area contributed by atoms with E-state index in [1.54, 1.807) is 7.11 Å². The second kappa shape index (κ2) is 7.63. The minimum Gasteiger partial charge on any atom is -0.497 e. The van der Waals surface area contributed by atoms with E-state index >= 15 is 0 Å². The normalized spacial score (nSPS) is 29.8. The first-order valence-electron chi connectivity index (χ1n) is 11.2. The van der Waals surface area contributed by atoms with Crippen molar-refractivity contribution in [2.24, 2.45) is 10.9 Å². The number of ether oxygens (including phenoxy) is 1. The number of likely N-dealkylation sites (tertiary alicyclic amines) is 1. The summed E-state index contributed by atoms with van der Waals surface area (Å²) in [4.78, 5) is 22.9. The minimum absolute atomic E-state index is 0.0525. The molecule has 1 N–H and O–H groups in total. The van der Waals surface area contributed by atoms with Crippen LogP contribution in [0.5, 0.6) is 5.75 Å². The highest BCUT2D eigenvalue weighted by molar-refractivity contribution is 6.19. The summed E-state index contributed by atoms with van der Waals surface area (Å²) >= 11 is 0. The number of carbonyl (C=O) groups is 1. The van der Waals surface area contributed by atoms with Crippen LogP contribution in [-0.4, -0.2) is 55.1 Å². The molecular weight excluding hydrogens is 364 g/mol. The Morgan fingerprint density at radius 1 is 1.21 bits per heavy atom. The van der Waals surface area contributed by atoms with E-state index in [1.807, 2.05) is 29.2 Å². The smallest absolute Gasteiger partial charge is 0.328 e. The van der Waals surface area contributed by atoms with Gasteiger partial charge in [-0.25, -0.2) is 4.79 Å². The predicted molar refractivity (Wildman–Crippen MR) is 115 cm³/mol. The van der Waals surface area contributed by atoms with Crippen molar-refractivity contribution >= 4 is 17.6 Å². The second-order valence-electron chi connectivity index (χ2n) is 9.20. The summed E-state index contributed by atoms with van der Waals surface area (Å²) in [5.74, 6) is 2.52. The first-order chi connectivity index (χ1) is 14.2. The number of hydrogen-bond donors (Lipinski definition) is 1. The van der Waals surface area contributed by atoms with Crippen LogP contribution in [0.15, 0.2) is 29.3 Å². The summed E-state index contributed by atoms with van der Waals surface area (Å²) in [6, 6.07) is 8.18. The summed E-state index contributed by atoms with van der Waals surface area (Å²) in [5, 5.41) is 3.19. The van der Waals surface area contributed by atoms with Gasteiger partial charge in [-0.2, -0.15) is 0 Å². The molecule has 0 radical (unpaired) electrons. The summed E-state index contributed by atoms with van der Waals surface area (Å²) in [5.41, 5.74) is 0.505. The van der Waals surface area contributed by atoms with Crippen LogP contribution in [-0.2, 0) is 0 Å². The third-order valence-electron chi connectivity index (χ3n) is 7.01. The topological polar surface area (TPSA) is 57.2 Å². The van der Waals surface area contributed by atoms with Gasteiger partial charge in [-0.15, -0.1) is 0 Å². The lowest BCUT2D eigenvalue weighted by Gasteiger charge is -2.44. The molecule has 2 saturated heterocycles. The molecule has 2 amide bonds. The summed E-state index contributed by atoms with van der Waals surface area (Å²) in [7, 11) is 1.67. The molecule has 2 aliphatic heterocycles. The molecule has 1 atom stereocenters. The van der Waals surface area contributed by atoms with E-state index in [4.69, 9.17) is 9.73 Å². The molecule has 4 fully saturated rings. The summed E-state index contributed by atoms with van der Waals surface area (Å²) in [6.07, 6.45) is 9.51. The quantitative estimate of drug-likeness (QED) is 0.823. The van der Waals surface area contributed by atoms with E-state index in [0.29, 0.717) is 6.04 Å². The lowest BCUT2D eigenvalue weighted by Crippen LogP contribution is -2.60. The first-order valence-corrected chi connectivity index (χ1v) is 11.2. The van der Waals surface area contributed by atoms with Gasteiger partial charge in [0.1, 0.15) is 17.1 Å². The fourth-order valence-corrected chi connectivity index (χ4v) is 5.38. The molecule has 6 heteroatoms. The van der Waals surface area contributed by atoms with Gasteiger partial charge < -0.3 is 9.64 Å². The van der Waals surface area contributed by atoms with Crippen molar-refractivity contribution in [3.05, 3.63) is 24.3 Å². The largest absolute Gasteiger partial charge is 0.497 e. The average molecular weight is 397 g/mol. The zero-order valence-corrected chi connectivity index (χ0v) is 17.4. The Morgan fingerprint density at radius 2 is 2.03 bits per heavy atom. The third kappa shape index (κ3) is 3.63. The van der Waals surface area contributed by atoms with Crippen LogP contribution in [0.4, 0.5) is 10.5 Å². The molecule has 0 bridgehead atoms. The maximum atomic E-state index is 13.2. The number of nitrogens with zero attached hydrogens (tertiary/aromatic N) is 3. The second-order valence-corrected chi connectivity index (χ2v) is 9.20. The molecule has 29 heavy (non-hydrogen) atoms. The summed E-state index contributed by atoms with van der Waals surface area (Å²) < 4.78 is 5.44. The highest BCUT2D eigenvalue weighted by atomic mass is 16.5. The lowest BCUT2D eigenvalue weighted by atomic mass is 9.86. The minimum atomic E-state index is -0.390. The highest BCUT2D eigenvalue weighted by Crippen LogP contribution is 2.40. The van der Waals surface area contributed by atoms with E-state index in [0.717, 1.165) is 68.5 Å². The number of aliphatic imine (C=N–C) groups is 1. The fraction of sp³-hybridized carbons (Fsp3) is 0.652. The molecule has 1 unspecified atom stereocenters. The number of urea groups is 1. The van der Waals surface area contributed by atoms with Gasteiger partial charge >= 0.3 is 6.03 Å². The third-order valence-corrected chi connectivity index (χ3v) is 7.01. The van der Waals surface area contributed by atoms with E-state index in [9.17, 15) is 4.79 Å². The fourth-order valence-electron chi connectivity index (χ4n) is 5.38. The monoisotopic (exact) mass is 396 g/mol. The maximum Gasteiger partial charge on any atom is 0.328 e. The number of piperidine rings is 1. The molecule has 1 aromatic rings. The standard InChI is InChI=1S/C23H32N4O2/c1-29-20-9-4-8-19(14-20)27-22(28)25-21(24-18-6-2-3-7-18)23(27)12-5-13-26(16-23)15-17-10-11-17/h4,8-9,14,17-18H,2-3,5-7,10-13,15-16H2,1H3,(H,24,25,28). The van der Waals surface area contributed by atoms with Gasteiger partial charge in [0.25, 0.3) is 0 Å². The van der Waals surface area contributed by atoms with Gasteiger partial charge in [0.2, 0.25) is 0 Å². The van der Waals surface area contributed by atoms with Crippen molar-refractivity contribution in [3.63, 3.8) is 0 Å². The van der Waals surface area contributed by atoms with Gasteiger partial charge in [0.15, 0.2) is 0 Å². The van der Waals surface area contributed by atoms with Crippen LogP contribution in [0.3, 0.4) is 0 Å². The number of anilines is 1. The van der Waals surface area contributed by atoms with Gasteiger partial charge in [-0.05, 0) is 63.1 Å². The average Bonchev–Trinajstić information content (AvgIpc) is 3.31. The number of rotatable bonds is 5. The Balaban J connectivity index is 1.53. The molecule has 1 spiro atoms. The van der Waals surface area contributed by atoms with Gasteiger partial charge in [-0.3, -0.25) is 15.2 Å². The lowest BCUT2D eigenvalue weighted by molar-refractivity contribution is 0.177. The van der Waals surface area contributed by atoms with Crippen molar-refractivity contribution in [2.45, 2.75) is 62.9 Å². The molecule has 6 nitrogen and oxygen atoms in total. The Hall–Kier alpha value is -2.08. The zero-order valence-electron chi connectivity index (χ0n) is 17.4. The molecule has 2 saturated carbocycles. The molecule has 1 aromatic carbocycles. The molecule has 156 valence electrons. The SMILES string of the molecule is COc1cccc(N2C(=O)NC(=NC3CCCC3)C23CCCN(CC2CC2)C3)c1. The Morgan fingerprint density at radius 3 is 2.79 bits per heavy atom. The van der Waals surface area contributed by atoms with E-state index in [-0.39, 0.29) is 11.6 Å². The predicted octanol–water partition coefficient (Wildman–Crippen LogP) is 3.81. The van der Waals surface area contributed by atoms with Gasteiger partial charge in [0, 0.05) is 19.2 Å². The van der Waals surface area contributed by atoms with Crippen molar-refractivity contribution in [1.82, 2.24) is 10.2 Å². The number of carbonyl (C=O) groups excluding carboxylic acids is 1. The van der Waals surface area contributed by atoms with E-state index in [2.05, 4.69) is 10.2 Å². The van der Waals surface area contributed by atoms with Crippen molar-refractivity contribution in [3.8, 4) is 5.75 Å². The van der Waals surface area contributed by atoms with Crippen LogP contribution in [0.1, 0.15) is 51.4 Å². The van der Waals surface area contributed by atoms with Crippen LogP contribution in [0.2, 0.25) is 0 Å². The van der Waals surface area contributed by atoms with Gasteiger partial charge in [-0.1, -0.05) is 18.9 Å². The van der Waals surface area contributed by atoms with Crippen LogP contribution in [0, 0.1) is 5.92 Å². The maximum absolute atomic E-state index is 13.2. The number of amides is 2. The molecule has 4 aliphatic rings. The number of nitrogens with one attached hydrogen (secondary N) is 1. The van der Waals surface area contributed by atoms with E-state index < -0.39 is 0 Å². The van der Waals surface area contributed by atoms with E-state index in [1.165, 1.54) is 25.7 Å². The highest BCUT2D eigenvalue weighted by Gasteiger charge is 2.54. The number of amidine groups is 1. The number of hydrogen-bond acceptors (Lipinski definition) is 4. The number of methoxy groups -OCH3 is 1. The molecule has 2 heterocycles. The number of benzene rings is 1. The van der Waals surface area contributed by atoms with Crippen LogP contribution >= 0.6 is 0 Å².